The molecule has 1 fully saturated rings. The fourth-order valence-corrected chi connectivity index (χ4v) is 2.99. The van der Waals surface area contributed by atoms with Gasteiger partial charge in [0.05, 0.1) is 6.04 Å². The fraction of sp³-hybridized carbons (Fsp3) is 0.429. The number of piperazine rings is 1. The summed E-state index contributed by atoms with van der Waals surface area (Å²) in [7, 11) is 0. The van der Waals surface area contributed by atoms with Crippen LogP contribution in [0.5, 0.6) is 5.75 Å². The lowest BCUT2D eigenvalue weighted by Crippen LogP contribution is -2.44. The van der Waals surface area contributed by atoms with Gasteiger partial charge in [-0.1, -0.05) is 6.08 Å². The minimum atomic E-state index is -4.34. The van der Waals surface area contributed by atoms with Crippen LogP contribution < -0.4 is 5.32 Å². The zero-order chi connectivity index (χ0) is 15.5. The molecule has 2 rings (SSSR count). The summed E-state index contributed by atoms with van der Waals surface area (Å²) in [4.78, 5) is 2.15. The van der Waals surface area contributed by atoms with Crippen molar-refractivity contribution in [3.8, 4) is 5.75 Å². The van der Waals surface area contributed by atoms with E-state index < -0.39 is 5.51 Å². The Kier molecular flexibility index (Phi) is 5.18. The number of rotatable bonds is 4. The van der Waals surface area contributed by atoms with Gasteiger partial charge in [-0.15, -0.1) is 6.58 Å². The number of phenolic OH excluding ortho intramolecular Hbond substituents is 1. The molecule has 3 nitrogen and oxygen atoms in total. The van der Waals surface area contributed by atoms with Crippen molar-refractivity contribution in [2.45, 2.75) is 16.4 Å². The van der Waals surface area contributed by atoms with E-state index in [0.29, 0.717) is 5.56 Å². The van der Waals surface area contributed by atoms with Crippen molar-refractivity contribution < 1.29 is 18.3 Å². The monoisotopic (exact) mass is 318 g/mol. The third kappa shape index (κ3) is 4.39. The molecule has 1 aliphatic heterocycles. The average molecular weight is 318 g/mol. The Morgan fingerprint density at radius 3 is 2.57 bits per heavy atom. The Hall–Kier alpha value is -1.18. The smallest absolute Gasteiger partial charge is 0.446 e. The van der Waals surface area contributed by atoms with Crippen molar-refractivity contribution in [3.05, 3.63) is 36.4 Å². The summed E-state index contributed by atoms with van der Waals surface area (Å²) >= 11 is -0.178. The maximum Gasteiger partial charge on any atom is 0.446 e. The lowest BCUT2D eigenvalue weighted by Gasteiger charge is -2.33. The maximum absolute atomic E-state index is 12.5. The lowest BCUT2D eigenvalue weighted by atomic mass is 10.0. The van der Waals surface area contributed by atoms with E-state index in [4.69, 9.17) is 0 Å². The summed E-state index contributed by atoms with van der Waals surface area (Å²) in [6.07, 6.45) is 1.66. The van der Waals surface area contributed by atoms with Gasteiger partial charge in [-0.2, -0.15) is 13.2 Å². The van der Waals surface area contributed by atoms with Gasteiger partial charge < -0.3 is 10.4 Å². The number of nitrogens with zero attached hydrogens (tertiary/aromatic N) is 1. The first-order chi connectivity index (χ1) is 9.90. The van der Waals surface area contributed by atoms with Crippen LogP contribution in [-0.4, -0.2) is 41.7 Å². The van der Waals surface area contributed by atoms with Gasteiger partial charge in [-0.25, -0.2) is 0 Å². The molecule has 116 valence electrons. The summed E-state index contributed by atoms with van der Waals surface area (Å²) in [5.74, 6) is -0.00930. The molecule has 0 aromatic heterocycles. The third-order valence-electron chi connectivity index (χ3n) is 3.32. The predicted octanol–water partition coefficient (Wildman–Crippen LogP) is 3.14. The molecule has 21 heavy (non-hydrogen) atoms. The second-order valence-electron chi connectivity index (χ2n) is 4.73. The normalized spacial score (nSPS) is 18.4. The number of hydrogen-bond donors (Lipinski definition) is 2. The lowest BCUT2D eigenvalue weighted by molar-refractivity contribution is -0.0328. The van der Waals surface area contributed by atoms with Gasteiger partial charge in [0.1, 0.15) is 5.75 Å². The number of phenols is 1. The molecule has 1 atom stereocenters. The molecule has 0 amide bonds. The standard InChI is InChI=1S/C14H17F3N2OS/c1-2-12(19-7-5-18-6-8-19)11-9-10(3-4-13(11)20)21-14(15,16)17/h2-4,9,12,18,20H,1,5-8H2/t12-/m1/s1. The Morgan fingerprint density at radius 1 is 1.33 bits per heavy atom. The van der Waals surface area contributed by atoms with Crippen molar-refractivity contribution in [2.24, 2.45) is 0 Å². The number of hydrogen-bond acceptors (Lipinski definition) is 4. The van der Waals surface area contributed by atoms with E-state index in [1.807, 2.05) is 0 Å². The minimum absolute atomic E-state index is 0.00930. The molecule has 7 heteroatoms. The average Bonchev–Trinajstić information content (AvgIpc) is 2.43. The molecule has 0 aliphatic carbocycles. The Morgan fingerprint density at radius 2 is 2.00 bits per heavy atom. The highest BCUT2D eigenvalue weighted by Gasteiger charge is 2.30. The number of nitrogens with one attached hydrogen (secondary N) is 1. The molecule has 2 N–H and O–H groups in total. The van der Waals surface area contributed by atoms with Crippen LogP contribution in [0, 0.1) is 0 Å². The van der Waals surface area contributed by atoms with E-state index in [1.54, 1.807) is 6.08 Å². The van der Waals surface area contributed by atoms with Gasteiger partial charge in [-0.05, 0) is 30.0 Å². The quantitative estimate of drug-likeness (QED) is 0.660. The number of aromatic hydroxyl groups is 1. The van der Waals surface area contributed by atoms with Crippen LogP contribution >= 0.6 is 11.8 Å². The van der Waals surface area contributed by atoms with Gasteiger partial charge >= 0.3 is 5.51 Å². The summed E-state index contributed by atoms with van der Waals surface area (Å²) < 4.78 is 37.4. The summed E-state index contributed by atoms with van der Waals surface area (Å²) in [5.41, 5.74) is -3.88. The highest BCUT2D eigenvalue weighted by Crippen LogP contribution is 2.40. The Bertz CT molecular complexity index is 501. The molecule has 0 spiro atoms. The number of thioether (sulfide) groups is 1. The number of halogens is 3. The molecule has 1 heterocycles. The minimum Gasteiger partial charge on any atom is -0.508 e. The highest BCUT2D eigenvalue weighted by molar-refractivity contribution is 8.00. The van der Waals surface area contributed by atoms with Crippen LogP contribution in [0.2, 0.25) is 0 Å². The molecule has 0 unspecified atom stereocenters. The van der Waals surface area contributed by atoms with Gasteiger partial charge in [0.25, 0.3) is 0 Å². The molecule has 0 saturated carbocycles. The first kappa shape index (κ1) is 16.2. The van der Waals surface area contributed by atoms with Crippen LogP contribution in [0.1, 0.15) is 11.6 Å². The fourth-order valence-electron chi connectivity index (χ4n) is 2.40. The maximum atomic E-state index is 12.5. The van der Waals surface area contributed by atoms with Crippen LogP contribution in [0.4, 0.5) is 13.2 Å². The second kappa shape index (κ2) is 6.72. The molecular formula is C14H17F3N2OS. The molecule has 0 radical (unpaired) electrons. The van der Waals surface area contributed by atoms with Crippen molar-refractivity contribution in [1.29, 1.82) is 0 Å². The van der Waals surface area contributed by atoms with E-state index in [9.17, 15) is 18.3 Å². The zero-order valence-corrected chi connectivity index (χ0v) is 12.2. The molecule has 0 bridgehead atoms. The van der Waals surface area contributed by atoms with Crippen LogP contribution in [0.15, 0.2) is 35.7 Å². The van der Waals surface area contributed by atoms with Crippen LogP contribution in [0.25, 0.3) is 0 Å². The summed E-state index contributed by atoms with van der Waals surface area (Å²) in [6.45, 7) is 6.88. The van der Waals surface area contributed by atoms with Gasteiger partial charge in [0, 0.05) is 36.6 Å². The number of alkyl halides is 3. The number of benzene rings is 1. The van der Waals surface area contributed by atoms with Crippen LogP contribution in [-0.2, 0) is 0 Å². The van der Waals surface area contributed by atoms with E-state index in [-0.39, 0.29) is 28.4 Å². The van der Waals surface area contributed by atoms with E-state index in [2.05, 4.69) is 16.8 Å². The largest absolute Gasteiger partial charge is 0.508 e. The third-order valence-corrected chi connectivity index (χ3v) is 4.04. The first-order valence-electron chi connectivity index (χ1n) is 6.56. The topological polar surface area (TPSA) is 35.5 Å². The molecule has 1 saturated heterocycles. The van der Waals surface area contributed by atoms with E-state index in [0.717, 1.165) is 26.2 Å². The van der Waals surface area contributed by atoms with Gasteiger partial charge in [0.15, 0.2) is 0 Å². The Balaban J connectivity index is 2.27. The first-order valence-corrected chi connectivity index (χ1v) is 7.38. The highest BCUT2D eigenvalue weighted by atomic mass is 32.2. The predicted molar refractivity (Wildman–Crippen MR) is 77.4 cm³/mol. The molecule has 1 aromatic rings. The van der Waals surface area contributed by atoms with Crippen LogP contribution in [0.3, 0.4) is 0 Å². The van der Waals surface area contributed by atoms with E-state index >= 15 is 0 Å². The molecule has 1 aromatic carbocycles. The molecular weight excluding hydrogens is 301 g/mol. The van der Waals surface area contributed by atoms with Crippen molar-refractivity contribution >= 4 is 11.8 Å². The van der Waals surface area contributed by atoms with Crippen molar-refractivity contribution in [3.63, 3.8) is 0 Å². The van der Waals surface area contributed by atoms with Gasteiger partial charge in [0.2, 0.25) is 0 Å². The SMILES string of the molecule is C=C[C@H](c1cc(SC(F)(F)F)ccc1O)N1CCNCC1. The summed E-state index contributed by atoms with van der Waals surface area (Å²) in [6, 6.07) is 3.68. The second-order valence-corrected chi connectivity index (χ2v) is 5.87. The zero-order valence-electron chi connectivity index (χ0n) is 11.4. The van der Waals surface area contributed by atoms with Crippen molar-refractivity contribution in [1.82, 2.24) is 10.2 Å². The Labute approximate surface area is 125 Å². The van der Waals surface area contributed by atoms with E-state index in [1.165, 1.54) is 18.2 Å². The summed E-state index contributed by atoms with van der Waals surface area (Å²) in [5, 5.41) is 13.2. The molecule has 1 aliphatic rings. The van der Waals surface area contributed by atoms with Crippen molar-refractivity contribution in [2.75, 3.05) is 26.2 Å². The van der Waals surface area contributed by atoms with Gasteiger partial charge in [-0.3, -0.25) is 4.90 Å².